The third kappa shape index (κ3) is 7.07. The molecule has 0 aromatic heterocycles. The van der Waals surface area contributed by atoms with Gasteiger partial charge in [-0.2, -0.15) is 13.2 Å². The number of carbonyl (C=O) groups excluding carboxylic acids is 1. The van der Waals surface area contributed by atoms with Gasteiger partial charge in [0.05, 0.1) is 13.5 Å². The fraction of sp³-hybridized carbons (Fsp3) is 0.429. The van der Waals surface area contributed by atoms with Crippen molar-refractivity contribution in [2.45, 2.75) is 32.0 Å². The molecule has 0 aliphatic rings. The summed E-state index contributed by atoms with van der Waals surface area (Å²) in [7, 11) is 1.38. The number of esters is 1. The number of carboxylic acid groups (broad SMARTS) is 1. The maximum Gasteiger partial charge on any atom is 0.490 e. The number of methoxy groups -OCH3 is 1. The number of ether oxygens (including phenoxy) is 1. The zero-order valence-electron chi connectivity index (χ0n) is 12.2. The first-order valence-corrected chi connectivity index (χ1v) is 6.33. The highest BCUT2D eigenvalue weighted by atomic mass is 19.4. The van der Waals surface area contributed by atoms with Crippen LogP contribution in [0.25, 0.3) is 0 Å². The van der Waals surface area contributed by atoms with E-state index in [0.29, 0.717) is 0 Å². The summed E-state index contributed by atoms with van der Waals surface area (Å²) in [4.78, 5) is 20.0. The number of aliphatic carboxylic acids is 1. The summed E-state index contributed by atoms with van der Waals surface area (Å²) in [5.41, 5.74) is 8.17. The minimum Gasteiger partial charge on any atom is -0.475 e. The van der Waals surface area contributed by atoms with Gasteiger partial charge in [0.2, 0.25) is 0 Å². The van der Waals surface area contributed by atoms with Crippen molar-refractivity contribution >= 4 is 11.9 Å². The molecule has 8 heteroatoms. The van der Waals surface area contributed by atoms with Crippen LogP contribution in [0.1, 0.15) is 30.5 Å². The Balaban J connectivity index is 0.000000534. The van der Waals surface area contributed by atoms with Gasteiger partial charge in [0.1, 0.15) is 0 Å². The number of nitrogens with two attached hydrogens (primary N) is 1. The van der Waals surface area contributed by atoms with Crippen LogP contribution in [0.2, 0.25) is 0 Å². The summed E-state index contributed by atoms with van der Waals surface area (Å²) < 4.78 is 36.3. The lowest BCUT2D eigenvalue weighted by Crippen LogP contribution is -2.21. The number of hydrogen-bond acceptors (Lipinski definition) is 4. The monoisotopic (exact) mass is 321 g/mol. The van der Waals surface area contributed by atoms with Crippen LogP contribution in [0.3, 0.4) is 0 Å². The molecule has 5 nitrogen and oxygen atoms in total. The molecule has 1 aromatic rings. The van der Waals surface area contributed by atoms with E-state index in [1.807, 2.05) is 24.3 Å². The van der Waals surface area contributed by atoms with E-state index in [4.69, 9.17) is 15.6 Å². The highest BCUT2D eigenvalue weighted by molar-refractivity contribution is 5.73. The third-order valence-corrected chi connectivity index (χ3v) is 2.69. The average molecular weight is 321 g/mol. The Morgan fingerprint density at radius 2 is 1.82 bits per heavy atom. The van der Waals surface area contributed by atoms with Crippen molar-refractivity contribution in [3.63, 3.8) is 0 Å². The van der Waals surface area contributed by atoms with Crippen LogP contribution in [-0.2, 0) is 20.7 Å². The summed E-state index contributed by atoms with van der Waals surface area (Å²) >= 11 is 0. The first-order chi connectivity index (χ1) is 10.1. The molecule has 0 aliphatic heterocycles. The molecular weight excluding hydrogens is 303 g/mol. The topological polar surface area (TPSA) is 89.6 Å². The largest absolute Gasteiger partial charge is 0.490 e. The molecule has 0 saturated heterocycles. The molecule has 1 rings (SSSR count). The lowest BCUT2D eigenvalue weighted by molar-refractivity contribution is -0.192. The van der Waals surface area contributed by atoms with Gasteiger partial charge in [-0.05, 0) is 17.5 Å². The Labute approximate surface area is 125 Å². The molecule has 1 aromatic carbocycles. The number of benzene rings is 1. The summed E-state index contributed by atoms with van der Waals surface area (Å²) in [6.45, 7) is 2.07. The SMILES string of the molecule is CCc1ccccc1[C@H](N)CC(=O)OC.O=C(O)C(F)(F)F. The van der Waals surface area contributed by atoms with Crippen LogP contribution in [0, 0.1) is 0 Å². The van der Waals surface area contributed by atoms with Gasteiger partial charge >= 0.3 is 18.1 Å². The summed E-state index contributed by atoms with van der Waals surface area (Å²) in [6, 6.07) is 7.64. The summed E-state index contributed by atoms with van der Waals surface area (Å²) in [5.74, 6) is -3.03. The number of rotatable bonds is 4. The first kappa shape index (κ1) is 19.9. The highest BCUT2D eigenvalue weighted by Gasteiger charge is 2.38. The second-order valence-electron chi connectivity index (χ2n) is 4.24. The summed E-state index contributed by atoms with van der Waals surface area (Å²) in [6.07, 6.45) is -3.93. The fourth-order valence-electron chi connectivity index (χ4n) is 1.59. The molecule has 22 heavy (non-hydrogen) atoms. The van der Waals surface area contributed by atoms with E-state index in [-0.39, 0.29) is 18.4 Å². The predicted octanol–water partition coefficient (Wildman–Crippen LogP) is 2.45. The van der Waals surface area contributed by atoms with Crippen molar-refractivity contribution in [1.82, 2.24) is 0 Å². The molecule has 0 amide bonds. The molecule has 0 radical (unpaired) electrons. The van der Waals surface area contributed by atoms with Crippen molar-refractivity contribution in [3.05, 3.63) is 35.4 Å². The maximum atomic E-state index is 11.1. The van der Waals surface area contributed by atoms with Gasteiger partial charge in [0.25, 0.3) is 0 Å². The summed E-state index contributed by atoms with van der Waals surface area (Å²) in [5, 5.41) is 7.12. The van der Waals surface area contributed by atoms with Crippen LogP contribution in [0.5, 0.6) is 0 Å². The van der Waals surface area contributed by atoms with Crippen LogP contribution in [0.15, 0.2) is 24.3 Å². The Morgan fingerprint density at radius 3 is 2.23 bits per heavy atom. The predicted molar refractivity (Wildman–Crippen MR) is 73.1 cm³/mol. The minimum atomic E-state index is -5.08. The van der Waals surface area contributed by atoms with E-state index in [9.17, 15) is 18.0 Å². The maximum absolute atomic E-state index is 11.1. The molecule has 0 unspecified atom stereocenters. The number of hydrogen-bond donors (Lipinski definition) is 2. The van der Waals surface area contributed by atoms with Crippen LogP contribution >= 0.6 is 0 Å². The van der Waals surface area contributed by atoms with Gasteiger partial charge in [-0.15, -0.1) is 0 Å². The van der Waals surface area contributed by atoms with Crippen molar-refractivity contribution < 1.29 is 32.6 Å². The second-order valence-corrected chi connectivity index (χ2v) is 4.24. The van der Waals surface area contributed by atoms with E-state index in [1.165, 1.54) is 12.7 Å². The minimum absolute atomic E-state index is 0.230. The van der Waals surface area contributed by atoms with E-state index < -0.39 is 12.1 Å². The quantitative estimate of drug-likeness (QED) is 0.831. The van der Waals surface area contributed by atoms with Gasteiger partial charge in [-0.25, -0.2) is 4.79 Å². The molecule has 0 fully saturated rings. The smallest absolute Gasteiger partial charge is 0.475 e. The van der Waals surface area contributed by atoms with Crippen molar-refractivity contribution in [2.24, 2.45) is 5.73 Å². The Bertz CT molecular complexity index is 503. The van der Waals surface area contributed by atoms with Gasteiger partial charge in [0.15, 0.2) is 0 Å². The number of carbonyl (C=O) groups is 2. The first-order valence-electron chi connectivity index (χ1n) is 6.33. The standard InChI is InChI=1S/C12H17NO2.C2HF3O2/c1-3-9-6-4-5-7-10(9)11(13)8-12(14)15-2;3-2(4,5)1(6)7/h4-7,11H,3,8,13H2,1-2H3;(H,6,7)/t11-;/m1./s1. The zero-order chi connectivity index (χ0) is 17.3. The molecule has 0 aliphatic carbocycles. The van der Waals surface area contributed by atoms with Gasteiger partial charge in [-0.1, -0.05) is 31.2 Å². The Kier molecular flexibility index (Phi) is 8.18. The molecule has 1 atom stereocenters. The number of carboxylic acids is 1. The van der Waals surface area contributed by atoms with E-state index in [2.05, 4.69) is 11.7 Å². The zero-order valence-corrected chi connectivity index (χ0v) is 12.2. The third-order valence-electron chi connectivity index (χ3n) is 2.69. The molecule has 0 bridgehead atoms. The molecule has 0 spiro atoms. The second kappa shape index (κ2) is 9.04. The Morgan fingerprint density at radius 1 is 1.32 bits per heavy atom. The van der Waals surface area contributed by atoms with Gasteiger partial charge in [0, 0.05) is 6.04 Å². The Hall–Kier alpha value is -2.09. The number of aryl methyl sites for hydroxylation is 1. The number of halogens is 3. The van der Waals surface area contributed by atoms with Gasteiger partial charge in [-0.3, -0.25) is 4.79 Å². The molecule has 0 saturated carbocycles. The van der Waals surface area contributed by atoms with E-state index in [0.717, 1.165) is 12.0 Å². The average Bonchev–Trinajstić information content (AvgIpc) is 2.46. The van der Waals surface area contributed by atoms with E-state index >= 15 is 0 Å². The molecular formula is C14H18F3NO4. The molecule has 124 valence electrons. The molecule has 3 N–H and O–H groups in total. The lowest BCUT2D eigenvalue weighted by Gasteiger charge is -2.14. The van der Waals surface area contributed by atoms with Gasteiger partial charge < -0.3 is 15.6 Å². The van der Waals surface area contributed by atoms with Crippen molar-refractivity contribution in [3.8, 4) is 0 Å². The normalized spacial score (nSPS) is 11.9. The number of alkyl halides is 3. The highest BCUT2D eigenvalue weighted by Crippen LogP contribution is 2.19. The fourth-order valence-corrected chi connectivity index (χ4v) is 1.59. The van der Waals surface area contributed by atoms with E-state index in [1.54, 1.807) is 0 Å². The van der Waals surface area contributed by atoms with Crippen LogP contribution in [-0.4, -0.2) is 30.3 Å². The van der Waals surface area contributed by atoms with Crippen LogP contribution in [0.4, 0.5) is 13.2 Å². The van der Waals surface area contributed by atoms with Crippen molar-refractivity contribution in [2.75, 3.05) is 7.11 Å². The van der Waals surface area contributed by atoms with Crippen molar-refractivity contribution in [1.29, 1.82) is 0 Å². The van der Waals surface area contributed by atoms with Crippen LogP contribution < -0.4 is 5.73 Å². The lowest BCUT2D eigenvalue weighted by atomic mass is 9.97. The molecule has 0 heterocycles.